The standard InChI is InChI=1S/2C37H23N3/c1-2-8-29-24(6-1)7-3-9-30(29)27-15-13-25-17-19-33(39-36(25)22-27)28-16-14-26-18-20-35(40-37(26)23-28)32-10-4-12-34-31(32)11-5-21-38-34;1-2-6-27-21-28(13-10-24(27)5-1)29-14-11-25-16-18-33(39-36(25)22-29)30-15-12-26-17-19-35(40-37(26)23-30)32-7-3-9-34-31(32)8-4-20-38-34/h2*1-23H. The molecule has 10 aromatic carbocycles. The molecule has 0 atom stereocenters. The summed E-state index contributed by atoms with van der Waals surface area (Å²) >= 11 is 0. The molecule has 6 aromatic heterocycles. The van der Waals surface area contributed by atoms with Gasteiger partial charge in [-0.05, 0) is 123 Å². The van der Waals surface area contributed by atoms with Gasteiger partial charge in [-0.3, -0.25) is 9.97 Å². The van der Waals surface area contributed by atoms with Gasteiger partial charge in [-0.1, -0.05) is 188 Å². The molecule has 372 valence electrons. The van der Waals surface area contributed by atoms with Crippen LogP contribution in [0.15, 0.2) is 279 Å². The molecular formula is C74H46N6. The summed E-state index contributed by atoms with van der Waals surface area (Å²) in [6, 6.07) is 93.5. The van der Waals surface area contributed by atoms with Gasteiger partial charge in [0.15, 0.2) is 0 Å². The first-order valence-corrected chi connectivity index (χ1v) is 26.9. The normalized spacial score (nSPS) is 11.5. The third kappa shape index (κ3) is 8.67. The van der Waals surface area contributed by atoms with E-state index >= 15 is 0 Å². The molecule has 0 radical (unpaired) electrons. The number of aromatic nitrogens is 6. The Morgan fingerprint density at radius 2 is 0.562 bits per heavy atom. The number of pyridine rings is 6. The van der Waals surface area contributed by atoms with E-state index in [2.05, 4.69) is 240 Å². The number of fused-ring (bicyclic) bond motifs is 8. The van der Waals surface area contributed by atoms with E-state index in [0.29, 0.717) is 0 Å². The molecule has 16 aromatic rings. The van der Waals surface area contributed by atoms with Gasteiger partial charge >= 0.3 is 0 Å². The monoisotopic (exact) mass is 1020 g/mol. The van der Waals surface area contributed by atoms with Crippen molar-refractivity contribution in [2.75, 3.05) is 0 Å². The largest absolute Gasteiger partial charge is 0.256 e. The van der Waals surface area contributed by atoms with Crippen LogP contribution in [-0.2, 0) is 0 Å². The van der Waals surface area contributed by atoms with Crippen molar-refractivity contribution in [3.63, 3.8) is 0 Å². The van der Waals surface area contributed by atoms with Crippen molar-refractivity contribution < 1.29 is 0 Å². The van der Waals surface area contributed by atoms with E-state index in [1.807, 2.05) is 48.8 Å². The Kier molecular flexibility index (Phi) is 11.4. The second kappa shape index (κ2) is 19.6. The van der Waals surface area contributed by atoms with Gasteiger partial charge < -0.3 is 0 Å². The van der Waals surface area contributed by atoms with E-state index in [-0.39, 0.29) is 0 Å². The second-order valence-electron chi connectivity index (χ2n) is 20.3. The summed E-state index contributed by atoms with van der Waals surface area (Å²) < 4.78 is 0. The van der Waals surface area contributed by atoms with Crippen molar-refractivity contribution >= 4 is 87.0 Å². The van der Waals surface area contributed by atoms with E-state index < -0.39 is 0 Å². The van der Waals surface area contributed by atoms with Gasteiger partial charge in [0.25, 0.3) is 0 Å². The molecule has 0 unspecified atom stereocenters. The average molecular weight is 1020 g/mol. The van der Waals surface area contributed by atoms with E-state index in [1.165, 1.54) is 38.2 Å². The van der Waals surface area contributed by atoms with Gasteiger partial charge in [0.1, 0.15) is 0 Å². The first kappa shape index (κ1) is 46.5. The molecule has 80 heavy (non-hydrogen) atoms. The van der Waals surface area contributed by atoms with Gasteiger partial charge in [-0.25, -0.2) is 19.9 Å². The lowest BCUT2D eigenvalue weighted by Gasteiger charge is -2.10. The Hall–Kier alpha value is -10.8. The maximum atomic E-state index is 5.10. The summed E-state index contributed by atoms with van der Waals surface area (Å²) in [4.78, 5) is 29.4. The molecule has 0 aliphatic rings. The van der Waals surface area contributed by atoms with Crippen molar-refractivity contribution in [2.24, 2.45) is 0 Å². The number of hydrogen-bond acceptors (Lipinski definition) is 6. The number of benzene rings is 10. The van der Waals surface area contributed by atoms with Gasteiger partial charge in [-0.2, -0.15) is 0 Å². The van der Waals surface area contributed by atoms with E-state index in [4.69, 9.17) is 19.9 Å². The zero-order valence-electron chi connectivity index (χ0n) is 43.2. The van der Waals surface area contributed by atoms with E-state index in [1.54, 1.807) is 0 Å². The summed E-state index contributed by atoms with van der Waals surface area (Å²) in [6.45, 7) is 0. The van der Waals surface area contributed by atoms with Gasteiger partial charge in [0.2, 0.25) is 0 Å². The van der Waals surface area contributed by atoms with Crippen LogP contribution < -0.4 is 0 Å². The summed E-state index contributed by atoms with van der Waals surface area (Å²) in [7, 11) is 0. The summed E-state index contributed by atoms with van der Waals surface area (Å²) in [6.07, 6.45) is 3.65. The Labute approximate surface area is 461 Å². The van der Waals surface area contributed by atoms with Gasteiger partial charge in [0, 0.05) is 67.0 Å². The van der Waals surface area contributed by atoms with Crippen molar-refractivity contribution in [1.29, 1.82) is 0 Å². The van der Waals surface area contributed by atoms with Gasteiger partial charge in [-0.15, -0.1) is 0 Å². The molecule has 0 N–H and O–H groups in total. The fourth-order valence-corrected chi connectivity index (χ4v) is 11.3. The van der Waals surface area contributed by atoms with Crippen LogP contribution in [-0.4, -0.2) is 29.9 Å². The highest BCUT2D eigenvalue weighted by Crippen LogP contribution is 2.35. The maximum absolute atomic E-state index is 5.10. The Morgan fingerprint density at radius 1 is 0.188 bits per heavy atom. The third-order valence-electron chi connectivity index (χ3n) is 15.4. The number of rotatable bonds is 6. The van der Waals surface area contributed by atoms with E-state index in [0.717, 1.165) is 116 Å². The molecule has 16 rings (SSSR count). The maximum Gasteiger partial charge on any atom is 0.0716 e. The molecule has 0 saturated heterocycles. The molecule has 0 fully saturated rings. The predicted molar refractivity (Wildman–Crippen MR) is 332 cm³/mol. The average Bonchev–Trinajstić information content (AvgIpc) is 3.60. The molecule has 6 heteroatoms. The Morgan fingerprint density at radius 3 is 1.14 bits per heavy atom. The highest BCUT2D eigenvalue weighted by molar-refractivity contribution is 6.00. The van der Waals surface area contributed by atoms with Crippen molar-refractivity contribution in [3.05, 3.63) is 279 Å². The van der Waals surface area contributed by atoms with Crippen molar-refractivity contribution in [3.8, 4) is 67.3 Å². The SMILES string of the molecule is c1ccc2c(-c3ccc4ccc(-c5ccc6ccc(-c7cccc8ncccc78)nc6c5)nc4c3)cccc2c1.c1ccc2cc(-c3ccc4ccc(-c5ccc6ccc(-c7cccc8ncccc78)nc6c5)nc4c3)ccc2c1. The quantitative estimate of drug-likeness (QED) is 0.165. The molecule has 0 bridgehead atoms. The smallest absolute Gasteiger partial charge is 0.0716 e. The van der Waals surface area contributed by atoms with Crippen LogP contribution in [0.4, 0.5) is 0 Å². The first-order chi connectivity index (χ1) is 39.6. The van der Waals surface area contributed by atoms with Crippen molar-refractivity contribution in [1.82, 2.24) is 29.9 Å². The van der Waals surface area contributed by atoms with Gasteiger partial charge in [0.05, 0.1) is 55.9 Å². The van der Waals surface area contributed by atoms with Crippen LogP contribution in [0.25, 0.3) is 154 Å². The second-order valence-corrected chi connectivity index (χ2v) is 20.3. The number of hydrogen-bond donors (Lipinski definition) is 0. The fraction of sp³-hybridized carbons (Fsp3) is 0. The lowest BCUT2D eigenvalue weighted by Crippen LogP contribution is -1.90. The zero-order chi connectivity index (χ0) is 52.9. The Bertz CT molecular complexity index is 4920. The molecule has 6 heterocycles. The predicted octanol–water partition coefficient (Wildman–Crippen LogP) is 19.0. The molecule has 0 spiro atoms. The van der Waals surface area contributed by atoms with Crippen molar-refractivity contribution in [2.45, 2.75) is 0 Å². The zero-order valence-corrected chi connectivity index (χ0v) is 43.2. The van der Waals surface area contributed by atoms with Crippen LogP contribution in [0, 0.1) is 0 Å². The highest BCUT2D eigenvalue weighted by atomic mass is 14.7. The third-order valence-corrected chi connectivity index (χ3v) is 15.4. The molecule has 0 saturated carbocycles. The van der Waals surface area contributed by atoms with Crippen LogP contribution in [0.1, 0.15) is 0 Å². The molecule has 0 aliphatic carbocycles. The summed E-state index contributed by atoms with van der Waals surface area (Å²) in [5.41, 5.74) is 18.6. The minimum Gasteiger partial charge on any atom is -0.256 e. The first-order valence-electron chi connectivity index (χ1n) is 26.9. The molecule has 6 nitrogen and oxygen atoms in total. The topological polar surface area (TPSA) is 77.3 Å². The van der Waals surface area contributed by atoms with E-state index in [9.17, 15) is 0 Å². The lowest BCUT2D eigenvalue weighted by molar-refractivity contribution is 1.37. The number of nitrogens with zero attached hydrogens (tertiary/aromatic N) is 6. The van der Waals surface area contributed by atoms with Crippen LogP contribution in [0.5, 0.6) is 0 Å². The minimum atomic E-state index is 0.936. The fourth-order valence-electron chi connectivity index (χ4n) is 11.3. The van der Waals surface area contributed by atoms with Crippen LogP contribution >= 0.6 is 0 Å². The summed E-state index contributed by atoms with van der Waals surface area (Å²) in [5.74, 6) is 0. The molecular weight excluding hydrogens is 973 g/mol. The summed E-state index contributed by atoms with van der Waals surface area (Å²) in [5, 5.41) is 11.6. The minimum absolute atomic E-state index is 0.936. The molecule has 0 amide bonds. The van der Waals surface area contributed by atoms with Crippen LogP contribution in [0.3, 0.4) is 0 Å². The Balaban J connectivity index is 0.000000138. The molecule has 0 aliphatic heterocycles. The lowest BCUT2D eigenvalue weighted by atomic mass is 9.97. The highest BCUT2D eigenvalue weighted by Gasteiger charge is 2.13. The van der Waals surface area contributed by atoms with Crippen LogP contribution in [0.2, 0.25) is 0 Å².